The molecule has 2 N–H and O–H groups in total. The number of nitrogens with one attached hydrogen (secondary N) is 1. The lowest BCUT2D eigenvalue weighted by atomic mass is 10.0. The van der Waals surface area contributed by atoms with Crippen LogP contribution in [0.4, 0.5) is 13.2 Å². The van der Waals surface area contributed by atoms with Gasteiger partial charge in [0, 0.05) is 12.1 Å². The Morgan fingerprint density at radius 3 is 2.70 bits per heavy atom. The van der Waals surface area contributed by atoms with Gasteiger partial charge in [-0.2, -0.15) is 18.4 Å². The molecule has 0 amide bonds. The Hall–Kier alpha value is -2.88. The first-order chi connectivity index (χ1) is 12.9. The molecule has 140 valence electrons. The van der Waals surface area contributed by atoms with Crippen LogP contribution in [0.1, 0.15) is 18.9 Å². The summed E-state index contributed by atoms with van der Waals surface area (Å²) < 4.78 is 43.2. The Morgan fingerprint density at radius 2 is 2.04 bits per heavy atom. The summed E-state index contributed by atoms with van der Waals surface area (Å²) in [5, 5.41) is 23.4. The maximum atomic E-state index is 13.5. The number of H-pyrrole nitrogens is 1. The zero-order valence-corrected chi connectivity index (χ0v) is 14.9. The molecule has 0 aliphatic heterocycles. The number of aryl methyl sites for hydroxylation is 1. The summed E-state index contributed by atoms with van der Waals surface area (Å²) >= 11 is 1.39. The average molecular weight is 393 g/mol. The number of nitrogens with zero attached hydrogens (tertiary/aromatic N) is 4. The summed E-state index contributed by atoms with van der Waals surface area (Å²) in [4.78, 5) is 0.784. The number of alkyl halides is 3. The number of thiophene rings is 1. The Bertz CT molecular complexity index is 1100. The molecule has 0 aliphatic rings. The zero-order chi connectivity index (χ0) is 19.2. The number of benzene rings is 1. The minimum atomic E-state index is -4.57. The van der Waals surface area contributed by atoms with Crippen molar-refractivity contribution in [3.8, 4) is 27.7 Å². The van der Waals surface area contributed by atoms with E-state index >= 15 is 0 Å². The van der Waals surface area contributed by atoms with Crippen molar-refractivity contribution in [1.29, 1.82) is 0 Å². The van der Waals surface area contributed by atoms with E-state index in [1.807, 2.05) is 17.6 Å². The summed E-state index contributed by atoms with van der Waals surface area (Å²) in [6, 6.07) is 6.94. The molecule has 0 radical (unpaired) electrons. The average Bonchev–Trinajstić information content (AvgIpc) is 3.31. The van der Waals surface area contributed by atoms with Crippen LogP contribution in [0.25, 0.3) is 32.2 Å². The van der Waals surface area contributed by atoms with Gasteiger partial charge in [0.1, 0.15) is 5.75 Å². The number of fused-ring (bicyclic) bond motifs is 1. The van der Waals surface area contributed by atoms with Gasteiger partial charge in [0.25, 0.3) is 0 Å². The maximum absolute atomic E-state index is 13.5. The van der Waals surface area contributed by atoms with Crippen molar-refractivity contribution in [2.45, 2.75) is 26.1 Å². The van der Waals surface area contributed by atoms with Crippen molar-refractivity contribution < 1.29 is 18.3 Å². The number of hydrogen-bond acceptors (Lipinski definition) is 5. The van der Waals surface area contributed by atoms with Crippen LogP contribution in [-0.4, -0.2) is 30.3 Å². The van der Waals surface area contributed by atoms with Crippen LogP contribution in [0.15, 0.2) is 30.3 Å². The molecule has 0 fully saturated rings. The second-order valence-corrected chi connectivity index (χ2v) is 7.09. The monoisotopic (exact) mass is 393 g/mol. The van der Waals surface area contributed by atoms with E-state index in [9.17, 15) is 18.3 Å². The Morgan fingerprint density at radius 1 is 1.22 bits per heavy atom. The SMILES string of the molecule is CCCn1c(-c2ccc(O)cc2C(F)(F)F)cc2sc(-c3nn[nH]n3)cc21. The minimum Gasteiger partial charge on any atom is -0.508 e. The summed E-state index contributed by atoms with van der Waals surface area (Å²) in [5.74, 6) is 0.0299. The number of hydrogen-bond donors (Lipinski definition) is 2. The molecule has 0 atom stereocenters. The van der Waals surface area contributed by atoms with Crippen LogP contribution in [0.3, 0.4) is 0 Å². The van der Waals surface area contributed by atoms with E-state index in [1.165, 1.54) is 23.5 Å². The van der Waals surface area contributed by atoms with Gasteiger partial charge in [-0.3, -0.25) is 0 Å². The first-order valence-electron chi connectivity index (χ1n) is 8.16. The number of tetrazole rings is 1. The summed E-state index contributed by atoms with van der Waals surface area (Å²) in [6.07, 6.45) is -3.82. The lowest BCUT2D eigenvalue weighted by Gasteiger charge is -2.15. The normalized spacial score (nSPS) is 12.1. The van der Waals surface area contributed by atoms with Gasteiger partial charge in [-0.05, 0) is 42.0 Å². The number of phenols is 1. The van der Waals surface area contributed by atoms with Crippen LogP contribution in [0, 0.1) is 0 Å². The standard InChI is InChI=1S/C17H14F3N5OS/c1-2-5-25-12(10-4-3-9(26)6-11(10)17(18,19)20)7-14-13(25)8-15(27-14)16-21-23-24-22-16/h3-4,6-8,26H,2,5H2,1H3,(H,21,22,23,24). The molecule has 4 aromatic rings. The highest BCUT2D eigenvalue weighted by Crippen LogP contribution is 2.42. The van der Waals surface area contributed by atoms with E-state index in [0.717, 1.165) is 27.6 Å². The predicted octanol–water partition coefficient (Wildman–Crippen LogP) is 4.68. The molecule has 0 unspecified atom stereocenters. The van der Waals surface area contributed by atoms with Crippen molar-refractivity contribution in [2.24, 2.45) is 0 Å². The highest BCUT2D eigenvalue weighted by Gasteiger charge is 2.35. The number of aromatic amines is 1. The van der Waals surface area contributed by atoms with Crippen LogP contribution >= 0.6 is 11.3 Å². The predicted molar refractivity (Wildman–Crippen MR) is 95.4 cm³/mol. The number of rotatable bonds is 4. The topological polar surface area (TPSA) is 79.6 Å². The highest BCUT2D eigenvalue weighted by molar-refractivity contribution is 7.22. The van der Waals surface area contributed by atoms with Crippen molar-refractivity contribution in [3.05, 3.63) is 35.9 Å². The van der Waals surface area contributed by atoms with Gasteiger partial charge < -0.3 is 9.67 Å². The Kier molecular flexibility index (Phi) is 4.14. The molecule has 0 aliphatic carbocycles. The third-order valence-electron chi connectivity index (χ3n) is 4.19. The van der Waals surface area contributed by atoms with E-state index in [0.29, 0.717) is 18.1 Å². The molecule has 6 nitrogen and oxygen atoms in total. The molecule has 0 saturated heterocycles. The molecule has 0 bridgehead atoms. The largest absolute Gasteiger partial charge is 0.508 e. The second kappa shape index (κ2) is 6.38. The van der Waals surface area contributed by atoms with Gasteiger partial charge in [-0.1, -0.05) is 6.92 Å². The first kappa shape index (κ1) is 17.5. The van der Waals surface area contributed by atoms with Gasteiger partial charge in [0.2, 0.25) is 5.82 Å². The van der Waals surface area contributed by atoms with Crippen LogP contribution in [0.2, 0.25) is 0 Å². The van der Waals surface area contributed by atoms with Gasteiger partial charge in [-0.15, -0.1) is 21.5 Å². The second-order valence-electron chi connectivity index (χ2n) is 6.00. The van der Waals surface area contributed by atoms with Gasteiger partial charge in [0.15, 0.2) is 0 Å². The third-order valence-corrected chi connectivity index (χ3v) is 5.25. The third kappa shape index (κ3) is 3.05. The Balaban J connectivity index is 1.93. The van der Waals surface area contributed by atoms with E-state index in [-0.39, 0.29) is 5.56 Å². The van der Waals surface area contributed by atoms with Crippen molar-refractivity contribution in [1.82, 2.24) is 25.2 Å². The molecule has 0 saturated carbocycles. The van der Waals surface area contributed by atoms with E-state index in [1.54, 1.807) is 6.07 Å². The fraction of sp³-hybridized carbons (Fsp3) is 0.235. The molecule has 0 spiro atoms. The lowest BCUT2D eigenvalue weighted by Crippen LogP contribution is -2.09. The molecule has 27 heavy (non-hydrogen) atoms. The number of halogens is 3. The van der Waals surface area contributed by atoms with Crippen molar-refractivity contribution in [2.75, 3.05) is 0 Å². The highest BCUT2D eigenvalue weighted by atomic mass is 32.1. The number of phenolic OH excluding ortho intramolecular Hbond substituents is 1. The fourth-order valence-electron chi connectivity index (χ4n) is 3.10. The lowest BCUT2D eigenvalue weighted by molar-refractivity contribution is -0.137. The molecule has 1 aromatic carbocycles. The molecule has 3 heterocycles. The minimum absolute atomic E-state index is 0.0401. The molecular formula is C17H14F3N5OS. The van der Waals surface area contributed by atoms with Crippen LogP contribution < -0.4 is 0 Å². The quantitative estimate of drug-likeness (QED) is 0.527. The summed E-state index contributed by atoms with van der Waals surface area (Å²) in [6.45, 7) is 2.52. The maximum Gasteiger partial charge on any atom is 0.417 e. The smallest absolute Gasteiger partial charge is 0.417 e. The number of aromatic nitrogens is 5. The zero-order valence-electron chi connectivity index (χ0n) is 14.1. The van der Waals surface area contributed by atoms with Crippen LogP contribution in [0.5, 0.6) is 5.75 Å². The van der Waals surface area contributed by atoms with Gasteiger partial charge in [-0.25, -0.2) is 0 Å². The number of aromatic hydroxyl groups is 1. The molecule has 3 aromatic heterocycles. The van der Waals surface area contributed by atoms with Gasteiger partial charge >= 0.3 is 6.18 Å². The van der Waals surface area contributed by atoms with Crippen molar-refractivity contribution >= 4 is 21.6 Å². The molecular weight excluding hydrogens is 379 g/mol. The first-order valence-corrected chi connectivity index (χ1v) is 8.97. The Labute approximate surface area is 155 Å². The molecule has 4 rings (SSSR count). The van der Waals surface area contributed by atoms with E-state index in [2.05, 4.69) is 20.6 Å². The summed E-state index contributed by atoms with van der Waals surface area (Å²) in [7, 11) is 0. The van der Waals surface area contributed by atoms with Crippen LogP contribution in [-0.2, 0) is 12.7 Å². The van der Waals surface area contributed by atoms with Crippen molar-refractivity contribution in [3.63, 3.8) is 0 Å². The fourth-order valence-corrected chi connectivity index (χ4v) is 4.13. The van der Waals surface area contributed by atoms with Gasteiger partial charge in [0.05, 0.1) is 26.4 Å². The van der Waals surface area contributed by atoms with E-state index < -0.39 is 17.5 Å². The molecule has 10 heteroatoms. The van der Waals surface area contributed by atoms with E-state index in [4.69, 9.17) is 0 Å². The summed E-state index contributed by atoms with van der Waals surface area (Å²) in [5.41, 5.74) is 0.463.